The molecule has 0 spiro atoms. The summed E-state index contributed by atoms with van der Waals surface area (Å²) < 4.78 is 0. The normalized spacial score (nSPS) is 22.6. The highest BCUT2D eigenvalue weighted by molar-refractivity contribution is 5.49. The molecule has 1 aromatic heterocycles. The van der Waals surface area contributed by atoms with Gasteiger partial charge in [0.25, 0.3) is 0 Å². The van der Waals surface area contributed by atoms with E-state index in [1.54, 1.807) is 0 Å². The topological polar surface area (TPSA) is 55.7 Å². The molecule has 20 heavy (non-hydrogen) atoms. The number of aliphatic hydroxyl groups is 1. The molecule has 0 aliphatic carbocycles. The summed E-state index contributed by atoms with van der Waals surface area (Å²) in [5.74, 6) is 1.63. The molecule has 1 aliphatic heterocycles. The summed E-state index contributed by atoms with van der Waals surface area (Å²) in [5, 5.41) is 10.6. The van der Waals surface area contributed by atoms with E-state index in [2.05, 4.69) is 14.9 Å². The van der Waals surface area contributed by atoms with Gasteiger partial charge >= 0.3 is 0 Å². The summed E-state index contributed by atoms with van der Waals surface area (Å²) in [6.45, 7) is 4.04. The quantitative estimate of drug-likeness (QED) is 0.858. The van der Waals surface area contributed by atoms with Gasteiger partial charge in [0.2, 0.25) is 5.95 Å². The van der Waals surface area contributed by atoms with Gasteiger partial charge in [-0.15, -0.1) is 0 Å². The molecule has 1 aromatic rings. The first-order valence-electron chi connectivity index (χ1n) is 6.94. The van der Waals surface area contributed by atoms with Crippen molar-refractivity contribution in [3.05, 3.63) is 11.8 Å². The largest absolute Gasteiger partial charge is 0.387 e. The van der Waals surface area contributed by atoms with Gasteiger partial charge in [0.05, 0.1) is 12.1 Å². The Morgan fingerprint density at radius 1 is 1.35 bits per heavy atom. The molecule has 1 aliphatic rings. The maximum atomic E-state index is 10.6. The zero-order valence-electron chi connectivity index (χ0n) is 13.1. The van der Waals surface area contributed by atoms with E-state index in [0.29, 0.717) is 19.0 Å². The van der Waals surface area contributed by atoms with Gasteiger partial charge in [-0.1, -0.05) is 0 Å². The molecular formula is C14H25N5O. The van der Waals surface area contributed by atoms with E-state index in [0.717, 1.165) is 24.3 Å². The van der Waals surface area contributed by atoms with E-state index >= 15 is 0 Å². The van der Waals surface area contributed by atoms with Crippen LogP contribution in [0, 0.1) is 6.92 Å². The molecule has 0 amide bonds. The summed E-state index contributed by atoms with van der Waals surface area (Å²) in [7, 11) is 7.91. The van der Waals surface area contributed by atoms with Crippen molar-refractivity contribution in [2.24, 2.45) is 0 Å². The van der Waals surface area contributed by atoms with Crippen LogP contribution in [0.15, 0.2) is 6.20 Å². The molecule has 6 nitrogen and oxygen atoms in total. The fourth-order valence-corrected chi connectivity index (χ4v) is 2.77. The van der Waals surface area contributed by atoms with Gasteiger partial charge in [-0.25, -0.2) is 4.98 Å². The maximum Gasteiger partial charge on any atom is 0.227 e. The van der Waals surface area contributed by atoms with Crippen molar-refractivity contribution >= 4 is 11.8 Å². The van der Waals surface area contributed by atoms with E-state index in [9.17, 15) is 5.11 Å². The first kappa shape index (κ1) is 15.0. The van der Waals surface area contributed by atoms with Crippen molar-refractivity contribution in [1.29, 1.82) is 0 Å². The Bertz CT molecular complexity index is 477. The molecule has 2 rings (SSSR count). The number of β-amino-alcohol motifs (C(OH)–C–C–N with tert-alkyl or cyclic N) is 1. The minimum Gasteiger partial charge on any atom is -0.387 e. The van der Waals surface area contributed by atoms with Crippen molar-refractivity contribution in [2.75, 3.05) is 57.6 Å². The fraction of sp³-hybridized carbons (Fsp3) is 0.714. The summed E-state index contributed by atoms with van der Waals surface area (Å²) in [6.07, 6.45) is 2.60. The van der Waals surface area contributed by atoms with Crippen LogP contribution in [0.25, 0.3) is 0 Å². The number of hydrogen-bond donors (Lipinski definition) is 1. The Hall–Kier alpha value is -1.40. The Morgan fingerprint density at radius 3 is 2.65 bits per heavy atom. The van der Waals surface area contributed by atoms with Crippen molar-refractivity contribution in [3.63, 3.8) is 0 Å². The van der Waals surface area contributed by atoms with Crippen LogP contribution >= 0.6 is 0 Å². The number of likely N-dealkylation sites (N-methyl/N-ethyl adjacent to an activating group) is 1. The molecule has 112 valence electrons. The number of hydrogen-bond acceptors (Lipinski definition) is 6. The summed E-state index contributed by atoms with van der Waals surface area (Å²) in [4.78, 5) is 15.1. The van der Waals surface area contributed by atoms with Crippen LogP contribution in [0.4, 0.5) is 11.8 Å². The smallest absolute Gasteiger partial charge is 0.227 e. The third-order valence-electron chi connectivity index (χ3n) is 3.58. The molecule has 0 saturated carbocycles. The lowest BCUT2D eigenvalue weighted by Crippen LogP contribution is -2.42. The fourth-order valence-electron chi connectivity index (χ4n) is 2.77. The van der Waals surface area contributed by atoms with Gasteiger partial charge in [0, 0.05) is 38.9 Å². The Labute approximate surface area is 121 Å². The monoisotopic (exact) mass is 279 g/mol. The predicted molar refractivity (Wildman–Crippen MR) is 81.4 cm³/mol. The molecule has 0 radical (unpaired) electrons. The van der Waals surface area contributed by atoms with E-state index in [1.807, 2.05) is 51.1 Å². The molecule has 1 saturated heterocycles. The van der Waals surface area contributed by atoms with Crippen LogP contribution in [0.5, 0.6) is 0 Å². The van der Waals surface area contributed by atoms with Crippen LogP contribution in [0.3, 0.4) is 0 Å². The van der Waals surface area contributed by atoms with Crippen LogP contribution in [0.1, 0.15) is 12.0 Å². The van der Waals surface area contributed by atoms with E-state index in [1.165, 1.54) is 0 Å². The van der Waals surface area contributed by atoms with Gasteiger partial charge < -0.3 is 19.8 Å². The van der Waals surface area contributed by atoms with Gasteiger partial charge in [0.1, 0.15) is 5.82 Å². The lowest BCUT2D eigenvalue weighted by atomic mass is 10.0. The van der Waals surface area contributed by atoms with E-state index in [4.69, 9.17) is 0 Å². The average Bonchev–Trinajstić information content (AvgIpc) is 2.70. The van der Waals surface area contributed by atoms with Gasteiger partial charge in [-0.2, -0.15) is 4.98 Å². The molecule has 2 heterocycles. The lowest BCUT2D eigenvalue weighted by Gasteiger charge is -2.27. The highest BCUT2D eigenvalue weighted by Crippen LogP contribution is 2.26. The maximum absolute atomic E-state index is 10.6. The van der Waals surface area contributed by atoms with Gasteiger partial charge in [0.15, 0.2) is 0 Å². The molecule has 6 heteroatoms. The van der Waals surface area contributed by atoms with Crippen LogP contribution in [-0.4, -0.2) is 73.4 Å². The van der Waals surface area contributed by atoms with Crippen LogP contribution in [-0.2, 0) is 0 Å². The Balaban J connectivity index is 2.16. The molecule has 0 unspecified atom stereocenters. The standard InChI is InChI=1S/C14H25N5O/c1-11-8-15-13(16-12(11)18(4)5)19-7-6-14(20,10-19)9-17(2)3/h8,20H,6-7,9-10H2,1-5H3/t14-/m0/s1. The SMILES string of the molecule is Cc1cnc(N2CC[C@](O)(CN(C)C)C2)nc1N(C)C. The molecule has 0 bridgehead atoms. The molecule has 0 aromatic carbocycles. The third-order valence-corrected chi connectivity index (χ3v) is 3.58. The Kier molecular flexibility index (Phi) is 4.15. The van der Waals surface area contributed by atoms with Crippen LogP contribution < -0.4 is 9.80 Å². The van der Waals surface area contributed by atoms with Crippen molar-refractivity contribution in [1.82, 2.24) is 14.9 Å². The van der Waals surface area contributed by atoms with Crippen LogP contribution in [0.2, 0.25) is 0 Å². The molecule has 1 atom stereocenters. The van der Waals surface area contributed by atoms with Gasteiger partial charge in [-0.3, -0.25) is 0 Å². The zero-order chi connectivity index (χ0) is 14.9. The molecule has 1 fully saturated rings. The molecule has 1 N–H and O–H groups in total. The zero-order valence-corrected chi connectivity index (χ0v) is 13.1. The average molecular weight is 279 g/mol. The lowest BCUT2D eigenvalue weighted by molar-refractivity contribution is 0.0365. The highest BCUT2D eigenvalue weighted by atomic mass is 16.3. The number of aromatic nitrogens is 2. The van der Waals surface area contributed by atoms with Gasteiger partial charge in [-0.05, 0) is 27.4 Å². The second-order valence-corrected chi connectivity index (χ2v) is 6.20. The minimum atomic E-state index is -0.671. The highest BCUT2D eigenvalue weighted by Gasteiger charge is 2.37. The number of anilines is 2. The number of rotatable bonds is 4. The predicted octanol–water partition coefficient (Wildman–Crippen LogP) is 0.354. The second kappa shape index (κ2) is 5.54. The van der Waals surface area contributed by atoms with E-state index in [-0.39, 0.29) is 0 Å². The first-order chi connectivity index (χ1) is 9.31. The summed E-state index contributed by atoms with van der Waals surface area (Å²) in [5.41, 5.74) is 0.386. The number of aryl methyl sites for hydroxylation is 1. The van der Waals surface area contributed by atoms with Crippen molar-refractivity contribution in [3.8, 4) is 0 Å². The number of nitrogens with zero attached hydrogens (tertiary/aromatic N) is 5. The Morgan fingerprint density at radius 2 is 2.05 bits per heavy atom. The second-order valence-electron chi connectivity index (χ2n) is 6.20. The van der Waals surface area contributed by atoms with Crippen molar-refractivity contribution < 1.29 is 5.11 Å². The first-order valence-corrected chi connectivity index (χ1v) is 6.94. The molecular weight excluding hydrogens is 254 g/mol. The minimum absolute atomic E-state index is 0.584. The van der Waals surface area contributed by atoms with E-state index < -0.39 is 5.60 Å². The summed E-state index contributed by atoms with van der Waals surface area (Å²) in [6, 6.07) is 0. The van der Waals surface area contributed by atoms with Crippen molar-refractivity contribution in [2.45, 2.75) is 18.9 Å². The summed E-state index contributed by atoms with van der Waals surface area (Å²) >= 11 is 0. The third kappa shape index (κ3) is 3.19.